The second-order valence-electron chi connectivity index (χ2n) is 4.88. The molecule has 5 heteroatoms. The molecule has 0 spiro atoms. The Kier molecular flexibility index (Phi) is 7.46. The number of ether oxygens (including phenoxy) is 1. The summed E-state index contributed by atoms with van der Waals surface area (Å²) in [5.41, 5.74) is 2.89. The Labute approximate surface area is 126 Å². The highest BCUT2D eigenvalue weighted by molar-refractivity contribution is 6.04. The summed E-state index contributed by atoms with van der Waals surface area (Å²) in [5.74, 6) is -0.557. The predicted octanol–water partition coefficient (Wildman–Crippen LogP) is 2.04. The third kappa shape index (κ3) is 5.95. The van der Waals surface area contributed by atoms with Crippen LogP contribution in [-0.4, -0.2) is 32.1 Å². The van der Waals surface area contributed by atoms with E-state index in [0.717, 1.165) is 29.7 Å². The number of hydrogen-bond donors (Lipinski definition) is 2. The first-order valence-electron chi connectivity index (χ1n) is 7.22. The molecular formula is C16H24N2O3. The van der Waals surface area contributed by atoms with Crippen molar-refractivity contribution < 1.29 is 14.3 Å². The van der Waals surface area contributed by atoms with E-state index in [4.69, 9.17) is 4.74 Å². The number of aryl methyl sites for hydroxylation is 2. The Hall–Kier alpha value is -1.88. The summed E-state index contributed by atoms with van der Waals surface area (Å²) in [7, 11) is 1.61. The number of hydrogen-bond acceptors (Lipinski definition) is 3. The maximum Gasteiger partial charge on any atom is 0.233 e. The van der Waals surface area contributed by atoms with Gasteiger partial charge in [0.2, 0.25) is 11.8 Å². The van der Waals surface area contributed by atoms with Crippen molar-refractivity contribution in [3.8, 4) is 0 Å². The molecule has 5 nitrogen and oxygen atoms in total. The molecule has 21 heavy (non-hydrogen) atoms. The fraction of sp³-hybridized carbons (Fsp3) is 0.500. The number of methoxy groups -OCH3 is 1. The predicted molar refractivity (Wildman–Crippen MR) is 83.3 cm³/mol. The van der Waals surface area contributed by atoms with Gasteiger partial charge in [0.25, 0.3) is 0 Å². The molecule has 0 aliphatic carbocycles. The largest absolute Gasteiger partial charge is 0.385 e. The van der Waals surface area contributed by atoms with Crippen LogP contribution in [0.25, 0.3) is 0 Å². The molecule has 1 aromatic rings. The highest BCUT2D eigenvalue weighted by atomic mass is 16.5. The van der Waals surface area contributed by atoms with Crippen molar-refractivity contribution in [2.45, 2.75) is 33.1 Å². The molecule has 2 N–H and O–H groups in total. The summed E-state index contributed by atoms with van der Waals surface area (Å²) in [6.45, 7) is 5.09. The van der Waals surface area contributed by atoms with Crippen molar-refractivity contribution in [3.05, 3.63) is 29.3 Å². The van der Waals surface area contributed by atoms with Gasteiger partial charge in [-0.25, -0.2) is 0 Å². The van der Waals surface area contributed by atoms with Gasteiger partial charge >= 0.3 is 0 Å². The van der Waals surface area contributed by atoms with Crippen LogP contribution in [0, 0.1) is 6.92 Å². The van der Waals surface area contributed by atoms with Crippen LogP contribution >= 0.6 is 0 Å². The first kappa shape index (κ1) is 17.2. The maximum atomic E-state index is 11.9. The molecule has 1 aromatic carbocycles. The van der Waals surface area contributed by atoms with E-state index in [2.05, 4.69) is 10.6 Å². The lowest BCUT2D eigenvalue weighted by atomic mass is 10.1. The van der Waals surface area contributed by atoms with E-state index in [1.807, 2.05) is 32.0 Å². The van der Waals surface area contributed by atoms with Crippen molar-refractivity contribution in [1.29, 1.82) is 0 Å². The van der Waals surface area contributed by atoms with Gasteiger partial charge in [-0.15, -0.1) is 0 Å². The van der Waals surface area contributed by atoms with E-state index in [1.54, 1.807) is 7.11 Å². The van der Waals surface area contributed by atoms with Crippen LogP contribution in [-0.2, 0) is 20.7 Å². The van der Waals surface area contributed by atoms with E-state index in [1.165, 1.54) is 0 Å². The Morgan fingerprint density at radius 1 is 1.24 bits per heavy atom. The van der Waals surface area contributed by atoms with E-state index in [9.17, 15) is 9.59 Å². The minimum Gasteiger partial charge on any atom is -0.385 e. The van der Waals surface area contributed by atoms with E-state index in [0.29, 0.717) is 13.2 Å². The SMILES string of the molecule is CCc1cccc(C)c1NC(=O)CC(=O)NCCCOC. The molecule has 0 atom stereocenters. The fourth-order valence-electron chi connectivity index (χ4n) is 2.04. The number of carbonyl (C=O) groups excluding carboxylic acids is 2. The number of benzene rings is 1. The van der Waals surface area contributed by atoms with Crippen LogP contribution in [0.3, 0.4) is 0 Å². The smallest absolute Gasteiger partial charge is 0.233 e. The third-order valence-electron chi connectivity index (χ3n) is 3.17. The van der Waals surface area contributed by atoms with E-state index in [-0.39, 0.29) is 18.2 Å². The third-order valence-corrected chi connectivity index (χ3v) is 3.17. The number of amides is 2. The van der Waals surface area contributed by atoms with Gasteiger partial charge in [0, 0.05) is 25.9 Å². The van der Waals surface area contributed by atoms with Crippen LogP contribution in [0.2, 0.25) is 0 Å². The van der Waals surface area contributed by atoms with Crippen LogP contribution in [0.4, 0.5) is 5.69 Å². The van der Waals surface area contributed by atoms with Gasteiger partial charge in [-0.3, -0.25) is 9.59 Å². The fourth-order valence-corrected chi connectivity index (χ4v) is 2.04. The van der Waals surface area contributed by atoms with Gasteiger partial charge < -0.3 is 15.4 Å². The lowest BCUT2D eigenvalue weighted by Crippen LogP contribution is -2.29. The lowest BCUT2D eigenvalue weighted by molar-refractivity contribution is -0.126. The Balaban J connectivity index is 2.49. The van der Waals surface area contributed by atoms with Gasteiger partial charge in [0.1, 0.15) is 6.42 Å². The number of rotatable bonds is 8. The molecule has 0 aliphatic heterocycles. The second-order valence-corrected chi connectivity index (χ2v) is 4.88. The van der Waals surface area contributed by atoms with Crippen LogP contribution in [0.1, 0.15) is 30.9 Å². The topological polar surface area (TPSA) is 67.4 Å². The molecule has 116 valence electrons. The summed E-state index contributed by atoms with van der Waals surface area (Å²) in [4.78, 5) is 23.6. The molecule has 0 saturated carbocycles. The molecule has 0 fully saturated rings. The normalized spacial score (nSPS) is 10.2. The molecule has 0 aromatic heterocycles. The molecular weight excluding hydrogens is 268 g/mol. The van der Waals surface area contributed by atoms with Gasteiger partial charge in [0.05, 0.1) is 0 Å². The van der Waals surface area contributed by atoms with Gasteiger partial charge in [-0.1, -0.05) is 25.1 Å². The molecule has 0 aliphatic rings. The summed E-state index contributed by atoms with van der Waals surface area (Å²) in [6, 6.07) is 5.89. The first-order chi connectivity index (χ1) is 10.1. The van der Waals surface area contributed by atoms with Crippen molar-refractivity contribution in [3.63, 3.8) is 0 Å². The summed E-state index contributed by atoms with van der Waals surface area (Å²) in [5, 5.41) is 5.54. The molecule has 0 radical (unpaired) electrons. The molecule has 0 saturated heterocycles. The van der Waals surface area contributed by atoms with Crippen molar-refractivity contribution in [2.24, 2.45) is 0 Å². The zero-order chi connectivity index (χ0) is 15.7. The van der Waals surface area contributed by atoms with Crippen LogP contribution < -0.4 is 10.6 Å². The van der Waals surface area contributed by atoms with E-state index < -0.39 is 0 Å². The standard InChI is InChI=1S/C16H24N2O3/c1-4-13-8-5-7-12(2)16(13)18-15(20)11-14(19)17-9-6-10-21-3/h5,7-8H,4,6,9-11H2,1-3H3,(H,17,19)(H,18,20). The number of para-hydroxylation sites is 1. The summed E-state index contributed by atoms with van der Waals surface area (Å²) >= 11 is 0. The number of anilines is 1. The van der Waals surface area contributed by atoms with Gasteiger partial charge in [-0.2, -0.15) is 0 Å². The van der Waals surface area contributed by atoms with Crippen LogP contribution in [0.5, 0.6) is 0 Å². The maximum absolute atomic E-state index is 11.9. The zero-order valence-corrected chi connectivity index (χ0v) is 13.0. The molecule has 0 unspecified atom stereocenters. The molecule has 2 amide bonds. The average Bonchev–Trinajstić information content (AvgIpc) is 2.45. The van der Waals surface area contributed by atoms with Crippen molar-refractivity contribution >= 4 is 17.5 Å². The minimum absolute atomic E-state index is 0.162. The molecule has 0 heterocycles. The minimum atomic E-state index is -0.289. The summed E-state index contributed by atoms with van der Waals surface area (Å²) in [6.07, 6.45) is 1.41. The van der Waals surface area contributed by atoms with Crippen LogP contribution in [0.15, 0.2) is 18.2 Å². The highest BCUT2D eigenvalue weighted by Crippen LogP contribution is 2.21. The zero-order valence-electron chi connectivity index (χ0n) is 13.0. The first-order valence-corrected chi connectivity index (χ1v) is 7.22. The van der Waals surface area contributed by atoms with Gasteiger partial charge in [0.15, 0.2) is 0 Å². The molecule has 1 rings (SSSR count). The van der Waals surface area contributed by atoms with Crippen molar-refractivity contribution in [2.75, 3.05) is 25.6 Å². The Morgan fingerprint density at radius 3 is 2.67 bits per heavy atom. The average molecular weight is 292 g/mol. The summed E-state index contributed by atoms with van der Waals surface area (Å²) < 4.78 is 4.89. The lowest BCUT2D eigenvalue weighted by Gasteiger charge is -2.13. The Morgan fingerprint density at radius 2 is 2.00 bits per heavy atom. The van der Waals surface area contributed by atoms with Gasteiger partial charge in [-0.05, 0) is 30.9 Å². The number of carbonyl (C=O) groups is 2. The molecule has 0 bridgehead atoms. The quantitative estimate of drug-likeness (QED) is 0.569. The van der Waals surface area contributed by atoms with Crippen molar-refractivity contribution in [1.82, 2.24) is 5.32 Å². The second kappa shape index (κ2) is 9.13. The van der Waals surface area contributed by atoms with E-state index >= 15 is 0 Å². The monoisotopic (exact) mass is 292 g/mol. The number of nitrogens with one attached hydrogen (secondary N) is 2. The highest BCUT2D eigenvalue weighted by Gasteiger charge is 2.12. The Bertz CT molecular complexity index is 486.